The van der Waals surface area contributed by atoms with Crippen molar-refractivity contribution in [3.8, 4) is 0 Å². The first kappa shape index (κ1) is 27.2. The average Bonchev–Trinajstić information content (AvgIpc) is 3.20. The summed E-state index contributed by atoms with van der Waals surface area (Å²) in [5, 5.41) is 9.84. The summed E-state index contributed by atoms with van der Waals surface area (Å²) in [5.74, 6) is -0.552. The van der Waals surface area contributed by atoms with Crippen LogP contribution < -0.4 is 15.5 Å². The zero-order valence-electron chi connectivity index (χ0n) is 20.5. The number of nitrogens with zero attached hydrogens (tertiary/aromatic N) is 2. The van der Waals surface area contributed by atoms with E-state index < -0.39 is 29.3 Å². The van der Waals surface area contributed by atoms with Crippen LogP contribution in [0, 0.1) is 6.92 Å². The molecule has 1 heterocycles. The summed E-state index contributed by atoms with van der Waals surface area (Å²) in [4.78, 5) is 41.1. The van der Waals surface area contributed by atoms with Gasteiger partial charge < -0.3 is 15.2 Å². The smallest absolute Gasteiger partial charge is 0.248 e. The predicted molar refractivity (Wildman–Crippen MR) is 140 cm³/mol. The zero-order valence-corrected chi connectivity index (χ0v) is 22.0. The minimum atomic E-state index is -1.13. The van der Waals surface area contributed by atoms with Crippen molar-refractivity contribution in [1.82, 2.24) is 10.5 Å². The molecule has 1 atom stereocenters. The number of aromatic nitrogens is 1. The van der Waals surface area contributed by atoms with Crippen LogP contribution >= 0.6 is 23.2 Å². The van der Waals surface area contributed by atoms with E-state index >= 15 is 0 Å². The third-order valence-corrected chi connectivity index (χ3v) is 5.71. The Morgan fingerprint density at radius 1 is 1.00 bits per heavy atom. The Morgan fingerprint density at radius 3 is 2.22 bits per heavy atom. The monoisotopic (exact) mass is 530 g/mol. The van der Waals surface area contributed by atoms with Gasteiger partial charge in [0.25, 0.3) is 0 Å². The first-order valence-corrected chi connectivity index (χ1v) is 12.1. The van der Waals surface area contributed by atoms with Gasteiger partial charge in [-0.05, 0) is 45.9 Å². The molecule has 2 N–H and O–H groups in total. The van der Waals surface area contributed by atoms with E-state index in [1.54, 1.807) is 61.5 Å². The number of hydrogen-bond acceptors (Lipinski definition) is 5. The molecule has 0 saturated heterocycles. The van der Waals surface area contributed by atoms with Crippen molar-refractivity contribution in [3.63, 3.8) is 0 Å². The Morgan fingerprint density at radius 2 is 1.64 bits per heavy atom. The van der Waals surface area contributed by atoms with E-state index in [9.17, 15) is 14.4 Å². The SMILES string of the molecule is Cc1cc(NC(=O)CCC(=O)N(c2ccccc2Cl)[C@H](C(=O)NC(C)(C)C)c2ccccc2Cl)no1. The van der Waals surface area contributed by atoms with Gasteiger partial charge in [-0.2, -0.15) is 0 Å². The van der Waals surface area contributed by atoms with Crippen LogP contribution in [0.2, 0.25) is 10.0 Å². The summed E-state index contributed by atoms with van der Waals surface area (Å²) < 4.78 is 4.95. The van der Waals surface area contributed by atoms with Crippen LogP contribution in [-0.2, 0) is 14.4 Å². The first-order valence-electron chi connectivity index (χ1n) is 11.3. The molecule has 0 spiro atoms. The minimum Gasteiger partial charge on any atom is -0.360 e. The topological polar surface area (TPSA) is 105 Å². The standard InChI is InChI=1S/C26H28Cl2N4O4/c1-16-15-21(31-36-16)29-22(33)13-14-23(34)32(20-12-8-7-11-19(20)28)24(25(35)30-26(2,3)4)17-9-5-6-10-18(17)27/h5-12,15,24H,13-14H2,1-4H3,(H,30,35)(H,29,31,33)/t24-/m0/s1. The highest BCUT2D eigenvalue weighted by molar-refractivity contribution is 6.34. The molecule has 3 aromatic rings. The molecule has 1 aromatic heterocycles. The fraction of sp³-hybridized carbons (Fsp3) is 0.308. The first-order chi connectivity index (χ1) is 17.0. The molecular formula is C26H28Cl2N4O4. The lowest BCUT2D eigenvalue weighted by Crippen LogP contribution is -2.49. The summed E-state index contributed by atoms with van der Waals surface area (Å²) in [7, 11) is 0. The summed E-state index contributed by atoms with van der Waals surface area (Å²) in [6.07, 6.45) is -0.348. The number of nitrogens with one attached hydrogen (secondary N) is 2. The van der Waals surface area contributed by atoms with Crippen LogP contribution in [0.5, 0.6) is 0 Å². The number of carbonyl (C=O) groups is 3. The molecule has 0 saturated carbocycles. The number of halogens is 2. The van der Waals surface area contributed by atoms with Gasteiger partial charge in [-0.15, -0.1) is 0 Å². The maximum atomic E-state index is 13.7. The summed E-state index contributed by atoms with van der Waals surface area (Å²) in [6, 6.07) is 14.0. The van der Waals surface area contributed by atoms with E-state index in [1.807, 2.05) is 20.8 Å². The molecule has 190 valence electrons. The average molecular weight is 531 g/mol. The molecule has 2 aromatic carbocycles. The van der Waals surface area contributed by atoms with Crippen LogP contribution in [-0.4, -0.2) is 28.4 Å². The molecule has 0 unspecified atom stereocenters. The van der Waals surface area contributed by atoms with Gasteiger partial charge in [-0.1, -0.05) is 58.7 Å². The maximum Gasteiger partial charge on any atom is 0.248 e. The molecule has 36 heavy (non-hydrogen) atoms. The highest BCUT2D eigenvalue weighted by Gasteiger charge is 2.36. The molecule has 0 aliphatic rings. The quantitative estimate of drug-likeness (QED) is 0.388. The Balaban J connectivity index is 1.98. The van der Waals surface area contributed by atoms with Crippen molar-refractivity contribution in [2.45, 2.75) is 52.1 Å². The normalized spacial score (nSPS) is 12.1. The fourth-order valence-corrected chi connectivity index (χ4v) is 4.03. The molecule has 3 rings (SSSR count). The van der Waals surface area contributed by atoms with E-state index in [-0.39, 0.29) is 23.7 Å². The molecule has 3 amide bonds. The number of rotatable bonds is 8. The number of benzene rings is 2. The second-order valence-electron chi connectivity index (χ2n) is 9.25. The largest absolute Gasteiger partial charge is 0.360 e. The van der Waals surface area contributed by atoms with Gasteiger partial charge in [0.2, 0.25) is 17.7 Å². The van der Waals surface area contributed by atoms with Crippen molar-refractivity contribution in [2.75, 3.05) is 10.2 Å². The van der Waals surface area contributed by atoms with Crippen molar-refractivity contribution < 1.29 is 18.9 Å². The number of aryl methyl sites for hydroxylation is 1. The van der Waals surface area contributed by atoms with E-state index in [4.69, 9.17) is 27.7 Å². The van der Waals surface area contributed by atoms with Gasteiger partial charge in [-0.25, -0.2) is 0 Å². The third kappa shape index (κ3) is 7.08. The molecule has 0 fully saturated rings. The Labute approximate surface area is 219 Å². The summed E-state index contributed by atoms with van der Waals surface area (Å²) in [5.41, 5.74) is 0.170. The van der Waals surface area contributed by atoms with Crippen LogP contribution in [0.4, 0.5) is 11.5 Å². The Hall–Kier alpha value is -3.36. The van der Waals surface area contributed by atoms with Crippen molar-refractivity contribution in [2.24, 2.45) is 0 Å². The molecule has 0 radical (unpaired) electrons. The molecule has 0 aliphatic heterocycles. The summed E-state index contributed by atoms with van der Waals surface area (Å²) in [6.45, 7) is 7.22. The molecular weight excluding hydrogens is 503 g/mol. The van der Waals surface area contributed by atoms with E-state index in [2.05, 4.69) is 15.8 Å². The molecule has 8 nitrogen and oxygen atoms in total. The molecule has 10 heteroatoms. The summed E-state index contributed by atoms with van der Waals surface area (Å²) >= 11 is 13.0. The Kier molecular flexibility index (Phi) is 8.76. The van der Waals surface area contributed by atoms with Crippen molar-refractivity contribution >= 4 is 52.4 Å². The van der Waals surface area contributed by atoms with Crippen LogP contribution in [0.25, 0.3) is 0 Å². The lowest BCUT2D eigenvalue weighted by atomic mass is 10.00. The highest BCUT2D eigenvalue weighted by atomic mass is 35.5. The van der Waals surface area contributed by atoms with Gasteiger partial charge in [-0.3, -0.25) is 19.3 Å². The second-order valence-corrected chi connectivity index (χ2v) is 10.1. The lowest BCUT2D eigenvalue weighted by molar-refractivity contribution is -0.128. The Bertz CT molecular complexity index is 1250. The predicted octanol–water partition coefficient (Wildman–Crippen LogP) is 5.70. The van der Waals surface area contributed by atoms with E-state index in [0.717, 1.165) is 0 Å². The highest BCUT2D eigenvalue weighted by Crippen LogP contribution is 2.36. The maximum absolute atomic E-state index is 13.7. The molecule has 0 aliphatic carbocycles. The van der Waals surface area contributed by atoms with E-state index in [0.29, 0.717) is 22.0 Å². The molecule has 0 bridgehead atoms. The fourth-order valence-electron chi connectivity index (χ4n) is 3.57. The number of carbonyl (C=O) groups excluding carboxylic acids is 3. The van der Waals surface area contributed by atoms with Gasteiger partial charge in [0.15, 0.2) is 5.82 Å². The number of hydrogen-bond donors (Lipinski definition) is 2. The zero-order chi connectivity index (χ0) is 26.5. The number of amides is 3. The second kappa shape index (κ2) is 11.6. The van der Waals surface area contributed by atoms with Crippen LogP contribution in [0.1, 0.15) is 51.0 Å². The van der Waals surface area contributed by atoms with Crippen molar-refractivity contribution in [3.05, 3.63) is 76.0 Å². The van der Waals surface area contributed by atoms with Crippen LogP contribution in [0.15, 0.2) is 59.1 Å². The van der Waals surface area contributed by atoms with Gasteiger partial charge in [0.05, 0.1) is 10.7 Å². The van der Waals surface area contributed by atoms with E-state index in [1.165, 1.54) is 4.90 Å². The van der Waals surface area contributed by atoms with Gasteiger partial charge in [0, 0.05) is 35.0 Å². The van der Waals surface area contributed by atoms with Gasteiger partial charge >= 0.3 is 0 Å². The third-order valence-electron chi connectivity index (χ3n) is 5.05. The lowest BCUT2D eigenvalue weighted by Gasteiger charge is -2.34. The van der Waals surface area contributed by atoms with Gasteiger partial charge in [0.1, 0.15) is 11.8 Å². The van der Waals surface area contributed by atoms with Crippen molar-refractivity contribution in [1.29, 1.82) is 0 Å². The van der Waals surface area contributed by atoms with Crippen LogP contribution in [0.3, 0.4) is 0 Å². The minimum absolute atomic E-state index is 0.151. The number of anilines is 2. The number of para-hydroxylation sites is 1.